The number of aliphatic hydroxyl groups excluding tert-OH is 4. The van der Waals surface area contributed by atoms with E-state index in [1.54, 1.807) is 74.6 Å². The normalized spacial score (nSPS) is 32.1. The fraction of sp³-hybridized carbons (Fsp3) is 0.469. The molecule has 0 saturated carbocycles. The van der Waals surface area contributed by atoms with E-state index in [1.807, 2.05) is 114 Å². The molecule has 424 valence electrons. The van der Waals surface area contributed by atoms with Gasteiger partial charge in [0.15, 0.2) is 11.6 Å². The highest BCUT2D eigenvalue weighted by molar-refractivity contribution is 5.97. The molecule has 0 spiro atoms. The molecule has 10 atom stereocenters. The van der Waals surface area contributed by atoms with Crippen LogP contribution in [0.15, 0.2) is 145 Å². The lowest BCUT2D eigenvalue weighted by Crippen LogP contribution is -2.44. The molecule has 6 N–H and O–H groups in total. The number of cyclic esters (lactones) is 2. The largest absolute Gasteiger partial charge is 0.507 e. The highest BCUT2D eigenvalue weighted by Gasteiger charge is 2.36. The minimum absolute atomic E-state index is 0.0263. The fourth-order valence-electron chi connectivity index (χ4n) is 9.76. The van der Waals surface area contributed by atoms with Gasteiger partial charge in [0.2, 0.25) is 0 Å². The molecular formula is C64H84O14. The number of ether oxygens (including phenoxy) is 6. The second-order valence-corrected chi connectivity index (χ2v) is 21.6. The first kappa shape index (κ1) is 62.9. The zero-order chi connectivity index (χ0) is 56.8. The molecule has 3 aliphatic heterocycles. The summed E-state index contributed by atoms with van der Waals surface area (Å²) in [7, 11) is 0. The lowest BCUT2D eigenvalue weighted by atomic mass is 9.99. The van der Waals surface area contributed by atoms with Gasteiger partial charge in [-0.1, -0.05) is 145 Å². The van der Waals surface area contributed by atoms with Gasteiger partial charge in [-0.25, -0.2) is 9.59 Å². The number of phenolic OH excluding ortho intramolecular Hbond substituents is 2. The average molecular weight is 1080 g/mol. The minimum atomic E-state index is -0.909. The van der Waals surface area contributed by atoms with Crippen molar-refractivity contribution in [3.8, 4) is 11.5 Å². The van der Waals surface area contributed by atoms with Crippen molar-refractivity contribution in [3.05, 3.63) is 167 Å². The topological polar surface area (TPSA) is 211 Å². The quantitative estimate of drug-likeness (QED) is 0.124. The second-order valence-electron chi connectivity index (χ2n) is 21.6. The molecule has 0 aliphatic carbocycles. The number of carbonyl (C=O) groups is 2. The van der Waals surface area contributed by atoms with E-state index < -0.39 is 60.1 Å². The molecule has 2 aromatic carbocycles. The van der Waals surface area contributed by atoms with Crippen LogP contribution in [-0.4, -0.2) is 115 Å². The highest BCUT2D eigenvalue weighted by atomic mass is 16.7. The fourth-order valence-corrected chi connectivity index (χ4v) is 9.76. The van der Waals surface area contributed by atoms with Gasteiger partial charge in [-0.3, -0.25) is 0 Å². The molecule has 2 unspecified atom stereocenters. The number of hydrogen-bond acceptors (Lipinski definition) is 14. The van der Waals surface area contributed by atoms with Crippen molar-refractivity contribution >= 4 is 24.1 Å². The number of allylic oxidation sites excluding steroid dienone is 12. The van der Waals surface area contributed by atoms with Crippen LogP contribution >= 0.6 is 0 Å². The monoisotopic (exact) mass is 1080 g/mol. The van der Waals surface area contributed by atoms with Crippen molar-refractivity contribution in [2.45, 2.75) is 192 Å². The first-order valence-electron chi connectivity index (χ1n) is 27.2. The summed E-state index contributed by atoms with van der Waals surface area (Å²) in [5.74, 6) is -3.78. The summed E-state index contributed by atoms with van der Waals surface area (Å²) in [5.41, 5.74) is 2.97. The number of benzene rings is 2. The summed E-state index contributed by atoms with van der Waals surface area (Å²) in [6.07, 6.45) is 30.4. The first-order valence-corrected chi connectivity index (χ1v) is 27.2. The lowest BCUT2D eigenvalue weighted by molar-refractivity contribution is -0.290. The lowest BCUT2D eigenvalue weighted by Gasteiger charge is -2.40. The summed E-state index contributed by atoms with van der Waals surface area (Å²) in [6.45, 7) is 14.7. The molecule has 0 radical (unpaired) electrons. The SMILES string of the molecule is C\C1=C/C=C/C=C/C=C/c2cccc(O)c2C(=O)O[C@@H](C[C@@H](C)O)C[C@@H](O)C/C=C/[C@@H]2C[C@H](C/C(C)=C/C=C/C=C/C=C\c3cccc(O)c3C(=O)O[C@@H](C[C@@H](C)O)C[C@@H](O)C/C=C/C3CC(C1)OC(C)(C)O3)OC(C)(C)O2. The highest BCUT2D eigenvalue weighted by Crippen LogP contribution is 2.33. The van der Waals surface area contributed by atoms with Crippen LogP contribution in [-0.2, 0) is 28.4 Å². The number of aromatic hydroxyl groups is 2. The zero-order valence-corrected chi connectivity index (χ0v) is 46.7. The Morgan fingerprint density at radius 2 is 0.910 bits per heavy atom. The van der Waals surface area contributed by atoms with Gasteiger partial charge in [0.1, 0.15) is 34.8 Å². The first-order chi connectivity index (χ1) is 37.0. The van der Waals surface area contributed by atoms with Gasteiger partial charge in [0.25, 0.3) is 0 Å². The van der Waals surface area contributed by atoms with Crippen LogP contribution in [0.4, 0.5) is 0 Å². The molecule has 4 bridgehead atoms. The Bertz CT molecular complexity index is 2390. The molecule has 0 amide bonds. The Labute approximate surface area is 461 Å². The number of hydrogen-bond donors (Lipinski definition) is 6. The number of fused-ring (bicyclic) bond motifs is 6. The van der Waals surface area contributed by atoms with E-state index in [1.165, 1.54) is 12.1 Å². The second kappa shape index (κ2) is 31.0. The number of rotatable bonds is 4. The molecule has 0 aromatic heterocycles. The maximum absolute atomic E-state index is 13.7. The third kappa shape index (κ3) is 22.4. The summed E-state index contributed by atoms with van der Waals surface area (Å²) >= 11 is 0. The van der Waals surface area contributed by atoms with Crippen LogP contribution in [0.2, 0.25) is 0 Å². The molecule has 3 aliphatic rings. The zero-order valence-electron chi connectivity index (χ0n) is 46.7. The van der Waals surface area contributed by atoms with Gasteiger partial charge in [-0.2, -0.15) is 0 Å². The number of esters is 2. The van der Waals surface area contributed by atoms with Gasteiger partial charge in [-0.15, -0.1) is 0 Å². The van der Waals surface area contributed by atoms with E-state index in [-0.39, 0.29) is 85.6 Å². The Morgan fingerprint density at radius 3 is 1.29 bits per heavy atom. The van der Waals surface area contributed by atoms with Crippen LogP contribution in [0.1, 0.15) is 151 Å². The van der Waals surface area contributed by atoms with Crippen LogP contribution < -0.4 is 0 Å². The Kier molecular flexibility index (Phi) is 25.0. The molecule has 2 fully saturated rings. The van der Waals surface area contributed by atoms with Crippen molar-refractivity contribution in [2.24, 2.45) is 0 Å². The van der Waals surface area contributed by atoms with E-state index in [0.29, 0.717) is 36.8 Å². The summed E-state index contributed by atoms with van der Waals surface area (Å²) in [4.78, 5) is 27.3. The maximum atomic E-state index is 13.7. The van der Waals surface area contributed by atoms with Crippen molar-refractivity contribution in [1.82, 2.24) is 0 Å². The van der Waals surface area contributed by atoms with Crippen molar-refractivity contribution < 1.29 is 68.6 Å². The minimum Gasteiger partial charge on any atom is -0.507 e. The molecule has 14 heteroatoms. The smallest absolute Gasteiger partial charge is 0.342 e. The third-order valence-electron chi connectivity index (χ3n) is 13.0. The molecule has 14 nitrogen and oxygen atoms in total. The van der Waals surface area contributed by atoms with E-state index in [9.17, 15) is 40.2 Å². The van der Waals surface area contributed by atoms with E-state index >= 15 is 0 Å². The number of aliphatic hydroxyl groups is 4. The van der Waals surface area contributed by atoms with E-state index in [0.717, 1.165) is 11.1 Å². The van der Waals surface area contributed by atoms with Gasteiger partial charge < -0.3 is 59.1 Å². The standard InChI is InChI=1S/C64H84O14/c1-43-23-15-11-9-13-17-25-47-27-19-33-57(69)59(47)61(71)74-54(38-46(4)66)40-50(68)30-22-32-52-42-56(78-64(7,8)76-52)36-44(2)24-16-12-10-14-18-26-48-28-20-34-58(70)60(48)62(72)73-53(37-45(3)65)39-49(67)29-21-31-51-41-55(35-43)77-63(5,6)75-51/h9-28,31-34,45-46,49-56,65-70H,29-30,35-42H2,1-8H3/b13-9+,14-10+,15-11+,16-12+,25-17-,26-18+,31-21+,32-22+,43-23+,44-24+/t45-,46-,49+,50+,51-,52?,53+,54+,55+,56?/m1/s1. The van der Waals surface area contributed by atoms with Crippen LogP contribution in [0.25, 0.3) is 12.2 Å². The average Bonchev–Trinajstić information content (AvgIpc) is 3.34. The summed E-state index contributed by atoms with van der Waals surface area (Å²) in [5, 5.41) is 64.6. The van der Waals surface area contributed by atoms with Gasteiger partial charge >= 0.3 is 11.9 Å². The number of carbonyl (C=O) groups excluding carboxylic acids is 2. The molecule has 2 saturated heterocycles. The summed E-state index contributed by atoms with van der Waals surface area (Å²) < 4.78 is 36.7. The van der Waals surface area contributed by atoms with Gasteiger partial charge in [0, 0.05) is 38.5 Å². The van der Waals surface area contributed by atoms with Crippen molar-refractivity contribution in [2.75, 3.05) is 0 Å². The molecule has 78 heavy (non-hydrogen) atoms. The third-order valence-corrected chi connectivity index (χ3v) is 13.0. The summed E-state index contributed by atoms with van der Waals surface area (Å²) in [6, 6.07) is 9.47. The predicted molar refractivity (Wildman–Crippen MR) is 304 cm³/mol. The van der Waals surface area contributed by atoms with E-state index in [2.05, 4.69) is 0 Å². The van der Waals surface area contributed by atoms with Gasteiger partial charge in [-0.05, 0) is 104 Å². The van der Waals surface area contributed by atoms with Crippen LogP contribution in [0, 0.1) is 0 Å². The Hall–Kier alpha value is -5.94. The van der Waals surface area contributed by atoms with Crippen molar-refractivity contribution in [3.63, 3.8) is 0 Å². The van der Waals surface area contributed by atoms with E-state index in [4.69, 9.17) is 28.4 Å². The Morgan fingerprint density at radius 1 is 0.538 bits per heavy atom. The number of phenols is 2. The molecule has 5 rings (SSSR count). The Balaban J connectivity index is 1.36. The molecule has 3 heterocycles. The van der Waals surface area contributed by atoms with Crippen LogP contribution in [0.5, 0.6) is 11.5 Å². The maximum Gasteiger partial charge on any atom is 0.342 e. The predicted octanol–water partition coefficient (Wildman–Crippen LogP) is 11.5. The van der Waals surface area contributed by atoms with Crippen molar-refractivity contribution in [1.29, 1.82) is 0 Å². The molecular weight excluding hydrogens is 993 g/mol. The molecule has 2 aromatic rings. The van der Waals surface area contributed by atoms with Gasteiger partial charge in [0.05, 0.1) is 48.8 Å². The van der Waals surface area contributed by atoms with Crippen LogP contribution in [0.3, 0.4) is 0 Å².